The molecule has 1 heterocycles. The number of nitrogens with one attached hydrogen (secondary N) is 1. The molecule has 0 spiro atoms. The lowest BCUT2D eigenvalue weighted by atomic mass is 10.1. The molecule has 2 aromatic rings. The Kier molecular flexibility index (Phi) is 4.00. The van der Waals surface area contributed by atoms with Crippen LogP contribution in [0, 0.1) is 12.8 Å². The summed E-state index contributed by atoms with van der Waals surface area (Å²) in [5, 5.41) is 4.47. The molecular weight excluding hydrogens is 228 g/mol. The maximum atomic E-state index is 4.58. The Morgan fingerprint density at radius 2 is 2.18 bits per heavy atom. The monoisotopic (exact) mass is 248 g/mol. The van der Waals surface area contributed by atoms with E-state index in [1.165, 1.54) is 23.1 Å². The maximum Gasteiger partial charge on any atom is 0.183 e. The van der Waals surface area contributed by atoms with E-state index in [1.807, 2.05) is 0 Å². The molecule has 17 heavy (non-hydrogen) atoms. The molecule has 0 unspecified atom stereocenters. The molecule has 0 fully saturated rings. The van der Waals surface area contributed by atoms with Gasteiger partial charge in [-0.25, -0.2) is 4.98 Å². The first-order chi connectivity index (χ1) is 8.15. The second-order valence-corrected chi connectivity index (χ2v) is 5.98. The van der Waals surface area contributed by atoms with Crippen molar-refractivity contribution in [1.29, 1.82) is 0 Å². The van der Waals surface area contributed by atoms with Gasteiger partial charge >= 0.3 is 0 Å². The molecule has 1 aromatic carbocycles. The highest BCUT2D eigenvalue weighted by molar-refractivity contribution is 7.22. The third-order valence-corrected chi connectivity index (χ3v) is 3.75. The van der Waals surface area contributed by atoms with Gasteiger partial charge in [-0.15, -0.1) is 0 Å². The van der Waals surface area contributed by atoms with Crippen molar-refractivity contribution in [2.75, 3.05) is 11.9 Å². The van der Waals surface area contributed by atoms with Gasteiger partial charge in [-0.1, -0.05) is 31.3 Å². The largest absolute Gasteiger partial charge is 0.361 e. The van der Waals surface area contributed by atoms with E-state index in [9.17, 15) is 0 Å². The van der Waals surface area contributed by atoms with Gasteiger partial charge in [-0.2, -0.15) is 0 Å². The molecule has 3 heteroatoms. The van der Waals surface area contributed by atoms with Gasteiger partial charge in [0.05, 0.1) is 10.2 Å². The molecule has 0 radical (unpaired) electrons. The van der Waals surface area contributed by atoms with E-state index in [4.69, 9.17) is 0 Å². The number of aromatic nitrogens is 1. The second-order valence-electron chi connectivity index (χ2n) is 4.95. The highest BCUT2D eigenvalue weighted by Gasteiger charge is 2.03. The molecule has 92 valence electrons. The van der Waals surface area contributed by atoms with Crippen molar-refractivity contribution in [3.05, 3.63) is 23.8 Å². The fraction of sp³-hybridized carbons (Fsp3) is 0.500. The van der Waals surface area contributed by atoms with Gasteiger partial charge in [0.15, 0.2) is 5.13 Å². The van der Waals surface area contributed by atoms with E-state index in [-0.39, 0.29) is 0 Å². The van der Waals surface area contributed by atoms with Gasteiger partial charge in [-0.3, -0.25) is 0 Å². The van der Waals surface area contributed by atoms with E-state index in [1.54, 1.807) is 11.3 Å². The summed E-state index contributed by atoms with van der Waals surface area (Å²) in [7, 11) is 0. The smallest absolute Gasteiger partial charge is 0.183 e. The van der Waals surface area contributed by atoms with Crippen molar-refractivity contribution < 1.29 is 0 Å². The minimum absolute atomic E-state index is 0.787. The first-order valence-electron chi connectivity index (χ1n) is 6.26. The number of aryl methyl sites for hydroxylation is 1. The zero-order valence-corrected chi connectivity index (χ0v) is 11.6. The zero-order chi connectivity index (χ0) is 12.3. The summed E-state index contributed by atoms with van der Waals surface area (Å²) < 4.78 is 1.27. The quantitative estimate of drug-likeness (QED) is 0.791. The van der Waals surface area contributed by atoms with Crippen LogP contribution >= 0.6 is 11.3 Å². The standard InChI is InChI=1S/C14H20N2S/c1-10(2)5-4-8-15-14-16-12-7-6-11(3)9-13(12)17-14/h6-7,9-10H,4-5,8H2,1-3H3,(H,15,16). The molecule has 0 aliphatic rings. The molecule has 0 saturated carbocycles. The topological polar surface area (TPSA) is 24.9 Å². The number of hydrogen-bond acceptors (Lipinski definition) is 3. The van der Waals surface area contributed by atoms with Crippen LogP contribution in [0.4, 0.5) is 5.13 Å². The molecule has 0 amide bonds. The van der Waals surface area contributed by atoms with E-state index in [0.29, 0.717) is 0 Å². The third kappa shape index (κ3) is 3.43. The number of anilines is 1. The molecule has 2 nitrogen and oxygen atoms in total. The van der Waals surface area contributed by atoms with Crippen LogP contribution in [-0.4, -0.2) is 11.5 Å². The highest BCUT2D eigenvalue weighted by Crippen LogP contribution is 2.26. The second kappa shape index (κ2) is 5.50. The van der Waals surface area contributed by atoms with E-state index in [0.717, 1.165) is 23.1 Å². The lowest BCUT2D eigenvalue weighted by Crippen LogP contribution is -2.02. The Morgan fingerprint density at radius 1 is 1.35 bits per heavy atom. The number of fused-ring (bicyclic) bond motifs is 1. The molecule has 0 aliphatic carbocycles. The van der Waals surface area contributed by atoms with Gasteiger partial charge in [0.25, 0.3) is 0 Å². The Morgan fingerprint density at radius 3 is 2.94 bits per heavy atom. The SMILES string of the molecule is Cc1ccc2nc(NCCCC(C)C)sc2c1. The van der Waals surface area contributed by atoms with Crippen molar-refractivity contribution in [2.24, 2.45) is 5.92 Å². The molecular formula is C14H20N2S. The molecule has 1 aromatic heterocycles. The van der Waals surface area contributed by atoms with Crippen LogP contribution in [0.15, 0.2) is 18.2 Å². The van der Waals surface area contributed by atoms with E-state index < -0.39 is 0 Å². The van der Waals surface area contributed by atoms with Crippen molar-refractivity contribution >= 4 is 26.7 Å². The van der Waals surface area contributed by atoms with Crippen LogP contribution in [0.1, 0.15) is 32.3 Å². The summed E-state index contributed by atoms with van der Waals surface area (Å²) in [5.74, 6) is 0.787. The lowest BCUT2D eigenvalue weighted by molar-refractivity contribution is 0.567. The van der Waals surface area contributed by atoms with Gasteiger partial charge in [0.1, 0.15) is 0 Å². The Labute approximate surface area is 107 Å². The zero-order valence-electron chi connectivity index (χ0n) is 10.8. The summed E-state index contributed by atoms with van der Waals surface area (Å²) >= 11 is 1.75. The number of thiazole rings is 1. The maximum absolute atomic E-state index is 4.58. The van der Waals surface area contributed by atoms with Crippen LogP contribution in [0.5, 0.6) is 0 Å². The minimum Gasteiger partial charge on any atom is -0.361 e. The number of rotatable bonds is 5. The number of nitrogens with zero attached hydrogens (tertiary/aromatic N) is 1. The summed E-state index contributed by atoms with van der Waals surface area (Å²) in [5.41, 5.74) is 2.40. The average molecular weight is 248 g/mol. The van der Waals surface area contributed by atoms with Crippen molar-refractivity contribution in [1.82, 2.24) is 4.98 Å². The van der Waals surface area contributed by atoms with Crippen LogP contribution in [0.25, 0.3) is 10.2 Å². The third-order valence-electron chi connectivity index (χ3n) is 2.78. The van der Waals surface area contributed by atoms with Crippen LogP contribution in [-0.2, 0) is 0 Å². The lowest BCUT2D eigenvalue weighted by Gasteiger charge is -2.04. The van der Waals surface area contributed by atoms with Gasteiger partial charge in [0.2, 0.25) is 0 Å². The van der Waals surface area contributed by atoms with Crippen molar-refractivity contribution in [2.45, 2.75) is 33.6 Å². The van der Waals surface area contributed by atoms with Crippen molar-refractivity contribution in [3.8, 4) is 0 Å². The molecule has 0 aliphatic heterocycles. The molecule has 2 rings (SSSR count). The van der Waals surface area contributed by atoms with E-state index in [2.05, 4.69) is 49.3 Å². The van der Waals surface area contributed by atoms with Crippen LogP contribution in [0.2, 0.25) is 0 Å². The normalized spacial score (nSPS) is 11.3. The predicted molar refractivity (Wildman–Crippen MR) is 76.9 cm³/mol. The highest BCUT2D eigenvalue weighted by atomic mass is 32.1. The molecule has 0 saturated heterocycles. The average Bonchev–Trinajstić information content (AvgIpc) is 2.66. The van der Waals surface area contributed by atoms with Crippen LogP contribution in [0.3, 0.4) is 0 Å². The van der Waals surface area contributed by atoms with Gasteiger partial charge in [0, 0.05) is 6.54 Å². The first-order valence-corrected chi connectivity index (χ1v) is 7.08. The van der Waals surface area contributed by atoms with Gasteiger partial charge < -0.3 is 5.32 Å². The fourth-order valence-corrected chi connectivity index (χ4v) is 2.80. The van der Waals surface area contributed by atoms with Crippen LogP contribution < -0.4 is 5.32 Å². The minimum atomic E-state index is 0.787. The Bertz CT molecular complexity index is 488. The van der Waals surface area contributed by atoms with Crippen molar-refractivity contribution in [3.63, 3.8) is 0 Å². The number of hydrogen-bond donors (Lipinski definition) is 1. The van der Waals surface area contributed by atoms with E-state index >= 15 is 0 Å². The number of benzene rings is 1. The fourth-order valence-electron chi connectivity index (χ4n) is 1.81. The summed E-state index contributed by atoms with van der Waals surface area (Å²) in [6.45, 7) is 7.67. The predicted octanol–water partition coefficient (Wildman–Crippen LogP) is 4.45. The first kappa shape index (κ1) is 12.4. The molecule has 0 atom stereocenters. The van der Waals surface area contributed by atoms with Gasteiger partial charge in [-0.05, 0) is 43.4 Å². The molecule has 0 bridgehead atoms. The summed E-state index contributed by atoms with van der Waals surface area (Å²) in [6.07, 6.45) is 2.49. The summed E-state index contributed by atoms with van der Waals surface area (Å²) in [6, 6.07) is 6.41. The Balaban J connectivity index is 1.95. The molecule has 1 N–H and O–H groups in total. The summed E-state index contributed by atoms with van der Waals surface area (Å²) in [4.78, 5) is 4.58. The Hall–Kier alpha value is -1.09.